The second-order valence-corrected chi connectivity index (χ2v) is 8.68. The standard InChI is InChI=1S/C23H32N6O3/c1-27(2)21(31)7-5-15-29-22(18-12-13-20(30)24-18)25-26-23(29)28-14-4-6-19(28)16-8-10-17(32-3)11-9-16/h8-11,18-19H,4-7,12-15H2,1-3H3,(H,24,30). The normalized spacial score (nSPS) is 20.5. The van der Waals surface area contributed by atoms with Gasteiger partial charge in [0.1, 0.15) is 5.75 Å². The number of anilines is 1. The van der Waals surface area contributed by atoms with Crippen molar-refractivity contribution in [2.24, 2.45) is 0 Å². The number of aromatic nitrogens is 3. The lowest BCUT2D eigenvalue weighted by atomic mass is 10.0. The lowest BCUT2D eigenvalue weighted by molar-refractivity contribution is -0.128. The minimum absolute atomic E-state index is 0.0474. The van der Waals surface area contributed by atoms with Crippen LogP contribution < -0.4 is 15.0 Å². The Labute approximate surface area is 188 Å². The average Bonchev–Trinajstić information content (AvgIpc) is 3.53. The molecule has 172 valence electrons. The Balaban J connectivity index is 1.60. The Hall–Kier alpha value is -3.10. The number of rotatable bonds is 8. The molecule has 0 spiro atoms. The van der Waals surface area contributed by atoms with Crippen LogP contribution in [0, 0.1) is 0 Å². The zero-order valence-corrected chi connectivity index (χ0v) is 19.1. The summed E-state index contributed by atoms with van der Waals surface area (Å²) >= 11 is 0. The van der Waals surface area contributed by atoms with Crippen molar-refractivity contribution in [2.45, 2.75) is 57.2 Å². The van der Waals surface area contributed by atoms with Gasteiger partial charge >= 0.3 is 0 Å². The van der Waals surface area contributed by atoms with E-state index in [-0.39, 0.29) is 23.9 Å². The van der Waals surface area contributed by atoms with Crippen LogP contribution >= 0.6 is 0 Å². The van der Waals surface area contributed by atoms with Crippen LogP contribution in [-0.2, 0) is 16.1 Å². The van der Waals surface area contributed by atoms with Crippen LogP contribution in [0.4, 0.5) is 5.95 Å². The molecule has 0 radical (unpaired) electrons. The van der Waals surface area contributed by atoms with Crippen molar-refractivity contribution >= 4 is 17.8 Å². The lowest BCUT2D eigenvalue weighted by Crippen LogP contribution is -2.28. The van der Waals surface area contributed by atoms with Gasteiger partial charge in [-0.3, -0.25) is 14.2 Å². The van der Waals surface area contributed by atoms with Crippen molar-refractivity contribution in [1.29, 1.82) is 0 Å². The van der Waals surface area contributed by atoms with E-state index < -0.39 is 0 Å². The zero-order chi connectivity index (χ0) is 22.7. The fraction of sp³-hybridized carbons (Fsp3) is 0.565. The SMILES string of the molecule is COc1ccc(C2CCCN2c2nnc(C3CCC(=O)N3)n2CCCC(=O)N(C)C)cc1. The van der Waals surface area contributed by atoms with E-state index in [0.29, 0.717) is 25.8 Å². The first-order valence-electron chi connectivity index (χ1n) is 11.3. The molecule has 1 aromatic heterocycles. The van der Waals surface area contributed by atoms with Crippen LogP contribution in [-0.4, -0.2) is 59.2 Å². The predicted molar refractivity (Wildman–Crippen MR) is 120 cm³/mol. The molecule has 2 saturated heterocycles. The van der Waals surface area contributed by atoms with Gasteiger partial charge in [-0.25, -0.2) is 0 Å². The second-order valence-electron chi connectivity index (χ2n) is 8.68. The van der Waals surface area contributed by atoms with Crippen LogP contribution in [0.3, 0.4) is 0 Å². The maximum atomic E-state index is 12.1. The predicted octanol–water partition coefficient (Wildman–Crippen LogP) is 2.45. The summed E-state index contributed by atoms with van der Waals surface area (Å²) in [7, 11) is 5.22. The third kappa shape index (κ3) is 4.56. The average molecular weight is 441 g/mol. The molecule has 0 bridgehead atoms. The number of nitrogens with one attached hydrogen (secondary N) is 1. The number of benzene rings is 1. The van der Waals surface area contributed by atoms with E-state index in [1.54, 1.807) is 26.1 Å². The van der Waals surface area contributed by atoms with Crippen molar-refractivity contribution in [2.75, 3.05) is 32.6 Å². The van der Waals surface area contributed by atoms with Crippen molar-refractivity contribution in [3.8, 4) is 5.75 Å². The van der Waals surface area contributed by atoms with Gasteiger partial charge in [0.2, 0.25) is 17.8 Å². The quantitative estimate of drug-likeness (QED) is 0.678. The summed E-state index contributed by atoms with van der Waals surface area (Å²) in [6, 6.07) is 8.27. The van der Waals surface area contributed by atoms with Gasteiger partial charge in [0.05, 0.1) is 19.2 Å². The highest BCUT2D eigenvalue weighted by Crippen LogP contribution is 2.37. The summed E-state index contributed by atoms with van der Waals surface area (Å²) in [5.74, 6) is 2.59. The van der Waals surface area contributed by atoms with E-state index in [0.717, 1.165) is 43.3 Å². The highest BCUT2D eigenvalue weighted by molar-refractivity contribution is 5.78. The van der Waals surface area contributed by atoms with Crippen LogP contribution in [0.25, 0.3) is 0 Å². The fourth-order valence-electron chi connectivity index (χ4n) is 4.59. The topological polar surface area (TPSA) is 92.6 Å². The van der Waals surface area contributed by atoms with Gasteiger partial charge < -0.3 is 19.9 Å². The smallest absolute Gasteiger partial charge is 0.227 e. The van der Waals surface area contributed by atoms with Gasteiger partial charge in [0.25, 0.3) is 0 Å². The van der Waals surface area contributed by atoms with Crippen molar-refractivity contribution in [1.82, 2.24) is 25.0 Å². The molecule has 2 aliphatic heterocycles. The maximum absolute atomic E-state index is 12.1. The number of methoxy groups -OCH3 is 1. The molecule has 2 atom stereocenters. The first kappa shape index (κ1) is 22.1. The number of ether oxygens (including phenoxy) is 1. The first-order valence-corrected chi connectivity index (χ1v) is 11.3. The van der Waals surface area contributed by atoms with Crippen LogP contribution in [0.1, 0.15) is 62.0 Å². The van der Waals surface area contributed by atoms with E-state index >= 15 is 0 Å². The number of hydrogen-bond donors (Lipinski definition) is 1. The van der Waals surface area contributed by atoms with E-state index in [9.17, 15) is 9.59 Å². The second kappa shape index (κ2) is 9.58. The molecule has 2 aromatic rings. The van der Waals surface area contributed by atoms with Gasteiger partial charge in [-0.15, -0.1) is 10.2 Å². The molecule has 2 aliphatic rings. The molecule has 3 heterocycles. The molecular weight excluding hydrogens is 408 g/mol. The van der Waals surface area contributed by atoms with E-state index in [1.165, 1.54) is 5.56 Å². The van der Waals surface area contributed by atoms with Gasteiger partial charge in [-0.2, -0.15) is 0 Å². The largest absolute Gasteiger partial charge is 0.497 e. The van der Waals surface area contributed by atoms with Gasteiger partial charge in [0, 0.05) is 40.0 Å². The van der Waals surface area contributed by atoms with Crippen LogP contribution in [0.5, 0.6) is 5.75 Å². The third-order valence-electron chi connectivity index (χ3n) is 6.35. The van der Waals surface area contributed by atoms with E-state index in [4.69, 9.17) is 4.74 Å². The van der Waals surface area contributed by atoms with Crippen LogP contribution in [0.2, 0.25) is 0 Å². The fourth-order valence-corrected chi connectivity index (χ4v) is 4.59. The minimum atomic E-state index is -0.129. The molecule has 9 nitrogen and oxygen atoms in total. The van der Waals surface area contributed by atoms with Crippen molar-refractivity contribution < 1.29 is 14.3 Å². The van der Waals surface area contributed by atoms with Crippen molar-refractivity contribution in [3.05, 3.63) is 35.7 Å². The summed E-state index contributed by atoms with van der Waals surface area (Å²) in [6.45, 7) is 1.53. The summed E-state index contributed by atoms with van der Waals surface area (Å²) in [5, 5.41) is 12.1. The Kier molecular flexibility index (Phi) is 6.62. The minimum Gasteiger partial charge on any atom is -0.497 e. The molecule has 2 amide bonds. The molecule has 32 heavy (non-hydrogen) atoms. The molecule has 4 rings (SSSR count). The molecule has 2 fully saturated rings. The first-order chi connectivity index (χ1) is 15.5. The molecular formula is C23H32N6O3. The summed E-state index contributed by atoms with van der Waals surface area (Å²) < 4.78 is 7.42. The van der Waals surface area contributed by atoms with Crippen LogP contribution in [0.15, 0.2) is 24.3 Å². The zero-order valence-electron chi connectivity index (χ0n) is 19.1. The van der Waals surface area contributed by atoms with Gasteiger partial charge in [-0.1, -0.05) is 12.1 Å². The Morgan fingerprint density at radius 2 is 2.00 bits per heavy atom. The Morgan fingerprint density at radius 1 is 1.22 bits per heavy atom. The van der Waals surface area contributed by atoms with E-state index in [1.807, 2.05) is 12.1 Å². The number of carbonyl (C=O) groups is 2. The molecule has 1 aromatic carbocycles. The molecule has 2 unspecified atom stereocenters. The summed E-state index contributed by atoms with van der Waals surface area (Å²) in [5.41, 5.74) is 1.22. The third-order valence-corrected chi connectivity index (χ3v) is 6.35. The maximum Gasteiger partial charge on any atom is 0.227 e. The highest BCUT2D eigenvalue weighted by atomic mass is 16.5. The lowest BCUT2D eigenvalue weighted by Gasteiger charge is -2.27. The Morgan fingerprint density at radius 3 is 2.66 bits per heavy atom. The summed E-state index contributed by atoms with van der Waals surface area (Å²) in [6.07, 6.45) is 4.48. The molecule has 9 heteroatoms. The number of hydrogen-bond acceptors (Lipinski definition) is 6. The van der Waals surface area contributed by atoms with Gasteiger partial charge in [0.15, 0.2) is 5.82 Å². The highest BCUT2D eigenvalue weighted by Gasteiger charge is 2.33. The number of carbonyl (C=O) groups excluding carboxylic acids is 2. The number of nitrogens with zero attached hydrogens (tertiary/aromatic N) is 5. The summed E-state index contributed by atoms with van der Waals surface area (Å²) in [4.78, 5) is 27.8. The molecule has 0 aliphatic carbocycles. The monoisotopic (exact) mass is 440 g/mol. The number of amides is 2. The van der Waals surface area contributed by atoms with Crippen molar-refractivity contribution in [3.63, 3.8) is 0 Å². The molecule has 1 N–H and O–H groups in total. The Bertz CT molecular complexity index is 955. The molecule has 0 saturated carbocycles. The van der Waals surface area contributed by atoms with Gasteiger partial charge in [-0.05, 0) is 43.4 Å². The van der Waals surface area contributed by atoms with E-state index in [2.05, 4.69) is 37.1 Å².